The highest BCUT2D eigenvalue weighted by Gasteiger charge is 2.26. The van der Waals surface area contributed by atoms with Gasteiger partial charge in [0.25, 0.3) is 0 Å². The Hall–Kier alpha value is -0.650. The van der Waals surface area contributed by atoms with E-state index >= 15 is 0 Å². The molecule has 4 nitrogen and oxygen atoms in total. The zero-order valence-corrected chi connectivity index (χ0v) is 12.6. The summed E-state index contributed by atoms with van der Waals surface area (Å²) in [5, 5.41) is 3.41. The van der Waals surface area contributed by atoms with E-state index in [0.717, 1.165) is 44.1 Å². The smallest absolute Gasteiger partial charge is 0.146 e. The molecular weight excluding hydrogens is 256 g/mol. The second-order valence-electron chi connectivity index (χ2n) is 5.38. The molecule has 0 saturated carbocycles. The summed E-state index contributed by atoms with van der Waals surface area (Å²) in [7, 11) is 2.19. The van der Waals surface area contributed by atoms with Crippen molar-refractivity contribution in [1.29, 1.82) is 0 Å². The van der Waals surface area contributed by atoms with Crippen LogP contribution in [0.25, 0.3) is 0 Å². The van der Waals surface area contributed by atoms with E-state index in [0.29, 0.717) is 6.04 Å². The van der Waals surface area contributed by atoms with Crippen LogP contribution in [0.1, 0.15) is 42.2 Å². The molecule has 3 heterocycles. The fraction of sp³-hybridized carbons (Fsp3) is 0.714. The number of aryl methyl sites for hydroxylation is 1. The fourth-order valence-corrected chi connectivity index (χ4v) is 4.02. The van der Waals surface area contributed by atoms with E-state index in [1.807, 2.05) is 11.8 Å². The Kier molecular flexibility index (Phi) is 4.05. The number of nitrogens with one attached hydrogen (secondary N) is 1. The predicted octanol–water partition coefficient (Wildman–Crippen LogP) is 1.75. The molecule has 2 aliphatic rings. The van der Waals surface area contributed by atoms with E-state index in [1.54, 1.807) is 0 Å². The average Bonchev–Trinajstić information content (AvgIpc) is 2.88. The van der Waals surface area contributed by atoms with Crippen LogP contribution < -0.4 is 5.32 Å². The van der Waals surface area contributed by atoms with Gasteiger partial charge < -0.3 is 5.32 Å². The second kappa shape index (κ2) is 5.77. The minimum absolute atomic E-state index is 0.389. The van der Waals surface area contributed by atoms with E-state index in [4.69, 9.17) is 9.97 Å². The van der Waals surface area contributed by atoms with Crippen LogP contribution in [0.5, 0.6) is 0 Å². The van der Waals surface area contributed by atoms with Gasteiger partial charge in [0.1, 0.15) is 5.82 Å². The van der Waals surface area contributed by atoms with Crippen LogP contribution in [0.3, 0.4) is 0 Å². The third-order valence-corrected chi connectivity index (χ3v) is 4.99. The van der Waals surface area contributed by atoms with Crippen LogP contribution in [0, 0.1) is 0 Å². The first-order chi connectivity index (χ1) is 9.29. The minimum atomic E-state index is 0.389. The Bertz CT molecular complexity index is 463. The van der Waals surface area contributed by atoms with Crippen molar-refractivity contribution < 1.29 is 0 Å². The van der Waals surface area contributed by atoms with Crippen molar-refractivity contribution >= 4 is 11.8 Å². The third kappa shape index (κ3) is 2.64. The maximum absolute atomic E-state index is 4.90. The van der Waals surface area contributed by atoms with Crippen molar-refractivity contribution in [3.05, 3.63) is 22.8 Å². The molecule has 104 valence electrons. The number of nitrogens with zero attached hydrogens (tertiary/aromatic N) is 3. The lowest BCUT2D eigenvalue weighted by Gasteiger charge is -2.31. The van der Waals surface area contributed by atoms with Crippen LogP contribution in [-0.2, 0) is 19.5 Å². The molecule has 1 saturated heterocycles. The number of thioether (sulfide) groups is 1. The lowest BCUT2D eigenvalue weighted by atomic mass is 10.1. The molecular formula is C14H22N4S. The number of fused-ring (bicyclic) bond motifs is 1. The molecule has 0 spiro atoms. The zero-order valence-electron chi connectivity index (χ0n) is 11.8. The Morgan fingerprint density at radius 2 is 2.26 bits per heavy atom. The van der Waals surface area contributed by atoms with Gasteiger partial charge in [0.05, 0.1) is 11.7 Å². The van der Waals surface area contributed by atoms with Gasteiger partial charge >= 0.3 is 0 Å². The SMILES string of the molecule is CCCc1nc(C2CSCCN2C)nc2c1CNC2. The van der Waals surface area contributed by atoms with Crippen molar-refractivity contribution in [3.8, 4) is 0 Å². The standard InChI is InChI=1S/C14H22N4S/c1-3-4-11-10-7-15-8-12(10)17-14(16-11)13-9-19-6-5-18(13)2/h13,15H,3-9H2,1-2H3. The molecule has 19 heavy (non-hydrogen) atoms. The van der Waals surface area contributed by atoms with E-state index in [9.17, 15) is 0 Å². The number of hydrogen-bond acceptors (Lipinski definition) is 5. The van der Waals surface area contributed by atoms with Crippen molar-refractivity contribution in [2.24, 2.45) is 0 Å². The van der Waals surface area contributed by atoms with Crippen LogP contribution >= 0.6 is 11.8 Å². The Morgan fingerprint density at radius 3 is 3.05 bits per heavy atom. The summed E-state index contributed by atoms with van der Waals surface area (Å²) in [5.74, 6) is 3.39. The molecule has 0 aliphatic carbocycles. The third-order valence-electron chi connectivity index (χ3n) is 3.97. The molecule has 1 unspecified atom stereocenters. The summed E-state index contributed by atoms with van der Waals surface area (Å²) >= 11 is 2.02. The molecule has 0 bridgehead atoms. The highest BCUT2D eigenvalue weighted by atomic mass is 32.2. The number of rotatable bonds is 3. The summed E-state index contributed by atoms with van der Waals surface area (Å²) < 4.78 is 0. The van der Waals surface area contributed by atoms with Crippen molar-refractivity contribution in [2.75, 3.05) is 25.1 Å². The van der Waals surface area contributed by atoms with Crippen LogP contribution in [0.15, 0.2) is 0 Å². The van der Waals surface area contributed by atoms with Gasteiger partial charge in [-0.3, -0.25) is 4.90 Å². The van der Waals surface area contributed by atoms with Gasteiger partial charge in [-0.25, -0.2) is 9.97 Å². The van der Waals surface area contributed by atoms with E-state index in [1.165, 1.54) is 22.7 Å². The van der Waals surface area contributed by atoms with Gasteiger partial charge in [0, 0.05) is 42.4 Å². The Morgan fingerprint density at radius 1 is 1.37 bits per heavy atom. The normalized spacial score (nSPS) is 23.6. The van der Waals surface area contributed by atoms with E-state index < -0.39 is 0 Å². The zero-order chi connectivity index (χ0) is 13.2. The molecule has 1 fully saturated rings. The molecule has 5 heteroatoms. The van der Waals surface area contributed by atoms with Crippen molar-refractivity contribution in [2.45, 2.75) is 38.9 Å². The highest BCUT2D eigenvalue weighted by Crippen LogP contribution is 2.28. The molecule has 1 aromatic heterocycles. The summed E-state index contributed by atoms with van der Waals surface area (Å²) in [6, 6.07) is 0.389. The Labute approximate surface area is 119 Å². The van der Waals surface area contributed by atoms with Crippen LogP contribution in [0.2, 0.25) is 0 Å². The number of hydrogen-bond donors (Lipinski definition) is 1. The summed E-state index contributed by atoms with van der Waals surface area (Å²) in [6.07, 6.45) is 2.22. The molecule has 3 rings (SSSR count). The first-order valence-corrected chi connectivity index (χ1v) is 8.32. The molecule has 0 amide bonds. The maximum atomic E-state index is 4.90. The molecule has 1 aromatic rings. The van der Waals surface area contributed by atoms with Gasteiger partial charge in [-0.05, 0) is 13.5 Å². The van der Waals surface area contributed by atoms with Crippen LogP contribution in [-0.4, -0.2) is 40.0 Å². The van der Waals surface area contributed by atoms with Gasteiger partial charge in [-0.1, -0.05) is 13.3 Å². The largest absolute Gasteiger partial charge is 0.307 e. The number of aromatic nitrogens is 2. The monoisotopic (exact) mass is 278 g/mol. The summed E-state index contributed by atoms with van der Waals surface area (Å²) in [4.78, 5) is 12.1. The summed E-state index contributed by atoms with van der Waals surface area (Å²) in [5.41, 5.74) is 3.87. The fourth-order valence-electron chi connectivity index (χ4n) is 2.81. The topological polar surface area (TPSA) is 41.1 Å². The predicted molar refractivity (Wildman–Crippen MR) is 79.3 cm³/mol. The van der Waals surface area contributed by atoms with Gasteiger partial charge in [-0.15, -0.1) is 0 Å². The highest BCUT2D eigenvalue weighted by molar-refractivity contribution is 7.99. The quantitative estimate of drug-likeness (QED) is 0.912. The first kappa shape index (κ1) is 13.3. The first-order valence-electron chi connectivity index (χ1n) is 7.17. The van der Waals surface area contributed by atoms with E-state index in [-0.39, 0.29) is 0 Å². The van der Waals surface area contributed by atoms with Crippen molar-refractivity contribution in [1.82, 2.24) is 20.2 Å². The average molecular weight is 278 g/mol. The van der Waals surface area contributed by atoms with Gasteiger partial charge in [0.15, 0.2) is 0 Å². The van der Waals surface area contributed by atoms with Crippen LogP contribution in [0.4, 0.5) is 0 Å². The lowest BCUT2D eigenvalue weighted by Crippen LogP contribution is -2.34. The van der Waals surface area contributed by atoms with Gasteiger partial charge in [-0.2, -0.15) is 11.8 Å². The van der Waals surface area contributed by atoms with E-state index in [2.05, 4.69) is 24.2 Å². The lowest BCUT2D eigenvalue weighted by molar-refractivity contribution is 0.263. The second-order valence-corrected chi connectivity index (χ2v) is 6.53. The Balaban J connectivity index is 1.95. The molecule has 0 aromatic carbocycles. The minimum Gasteiger partial charge on any atom is -0.307 e. The molecule has 1 atom stereocenters. The molecule has 0 radical (unpaired) electrons. The van der Waals surface area contributed by atoms with Crippen molar-refractivity contribution in [3.63, 3.8) is 0 Å². The van der Waals surface area contributed by atoms with Gasteiger partial charge in [0.2, 0.25) is 0 Å². The summed E-state index contributed by atoms with van der Waals surface area (Å²) in [6.45, 7) is 5.21. The molecule has 2 aliphatic heterocycles. The molecule has 1 N–H and O–H groups in total. The maximum Gasteiger partial charge on any atom is 0.146 e.